The number of nitrogens with two attached hydrogens (primary N) is 1. The molecule has 0 aromatic heterocycles. The van der Waals surface area contributed by atoms with Gasteiger partial charge in [-0.25, -0.2) is 4.79 Å². The van der Waals surface area contributed by atoms with E-state index in [0.717, 1.165) is 0 Å². The van der Waals surface area contributed by atoms with Crippen LogP contribution in [0.5, 0.6) is 0 Å². The van der Waals surface area contributed by atoms with Crippen molar-refractivity contribution in [2.45, 2.75) is 13.8 Å². The summed E-state index contributed by atoms with van der Waals surface area (Å²) in [4.78, 5) is 11.3. The van der Waals surface area contributed by atoms with E-state index in [2.05, 4.69) is 10.1 Å². The normalized spacial score (nSPS) is 9.11. The second kappa shape index (κ2) is 9.30. The number of nitrogen functional groups attached to an aromatic ring is 1. The van der Waals surface area contributed by atoms with E-state index in [1.54, 1.807) is 25.3 Å². The first kappa shape index (κ1) is 16.2. The van der Waals surface area contributed by atoms with Crippen LogP contribution < -0.4 is 11.1 Å². The number of ether oxygens (including phenoxy) is 2. The number of rotatable bonds is 5. The second-order valence-electron chi connectivity index (χ2n) is 3.21. The number of hydrogen-bond acceptors (Lipinski definition) is 5. The number of carbonyl (C=O) groups is 1. The van der Waals surface area contributed by atoms with Crippen molar-refractivity contribution < 1.29 is 14.3 Å². The maximum atomic E-state index is 11.3. The van der Waals surface area contributed by atoms with Crippen LogP contribution in [0.1, 0.15) is 24.2 Å². The molecule has 0 fully saturated rings. The number of carbonyl (C=O) groups excluding carboxylic acids is 1. The Balaban J connectivity index is 0.00000137. The van der Waals surface area contributed by atoms with Gasteiger partial charge in [0.15, 0.2) is 0 Å². The van der Waals surface area contributed by atoms with E-state index in [-0.39, 0.29) is 5.97 Å². The van der Waals surface area contributed by atoms with Gasteiger partial charge in [0.05, 0.1) is 30.7 Å². The molecule has 0 saturated heterocycles. The smallest absolute Gasteiger partial charge is 0.337 e. The first-order valence-electron chi connectivity index (χ1n) is 5.89. The van der Waals surface area contributed by atoms with Crippen LogP contribution in [0.4, 0.5) is 11.4 Å². The number of anilines is 2. The number of nitrogens with one attached hydrogen (secondary N) is 1. The molecule has 0 heterocycles. The number of benzene rings is 1. The van der Waals surface area contributed by atoms with Crippen LogP contribution >= 0.6 is 0 Å². The van der Waals surface area contributed by atoms with Crippen LogP contribution in [-0.2, 0) is 9.47 Å². The van der Waals surface area contributed by atoms with E-state index in [1.807, 2.05) is 13.8 Å². The lowest BCUT2D eigenvalue weighted by Crippen LogP contribution is -2.10. The average molecular weight is 254 g/mol. The van der Waals surface area contributed by atoms with Crippen LogP contribution in [0.3, 0.4) is 0 Å². The van der Waals surface area contributed by atoms with Crippen LogP contribution in [-0.4, -0.2) is 33.3 Å². The van der Waals surface area contributed by atoms with Gasteiger partial charge < -0.3 is 20.5 Å². The molecule has 5 nitrogen and oxygen atoms in total. The number of methoxy groups -OCH3 is 2. The summed E-state index contributed by atoms with van der Waals surface area (Å²) in [6.45, 7) is 5.20. The molecular formula is C13H22N2O3. The lowest BCUT2D eigenvalue weighted by molar-refractivity contribution is 0.0601. The topological polar surface area (TPSA) is 73.6 Å². The Bertz CT molecular complexity index is 367. The molecule has 1 aromatic rings. The zero-order chi connectivity index (χ0) is 14.0. The van der Waals surface area contributed by atoms with Gasteiger partial charge in [0.2, 0.25) is 0 Å². The van der Waals surface area contributed by atoms with Gasteiger partial charge >= 0.3 is 5.97 Å². The Morgan fingerprint density at radius 1 is 1.33 bits per heavy atom. The molecule has 0 saturated carbocycles. The highest BCUT2D eigenvalue weighted by molar-refractivity contribution is 5.91. The molecule has 0 amide bonds. The Kier molecular flexibility index (Phi) is 8.39. The molecule has 0 aliphatic heterocycles. The summed E-state index contributed by atoms with van der Waals surface area (Å²) >= 11 is 0. The zero-order valence-corrected chi connectivity index (χ0v) is 11.4. The van der Waals surface area contributed by atoms with Crippen LogP contribution in [0.25, 0.3) is 0 Å². The van der Waals surface area contributed by atoms with Crippen molar-refractivity contribution in [2.24, 2.45) is 0 Å². The summed E-state index contributed by atoms with van der Waals surface area (Å²) < 4.78 is 9.53. The third-order valence-electron chi connectivity index (χ3n) is 2.10. The van der Waals surface area contributed by atoms with Crippen molar-refractivity contribution in [3.8, 4) is 0 Å². The molecule has 0 spiro atoms. The molecule has 3 N–H and O–H groups in total. The van der Waals surface area contributed by atoms with E-state index < -0.39 is 0 Å². The fourth-order valence-corrected chi connectivity index (χ4v) is 1.24. The largest absolute Gasteiger partial charge is 0.465 e. The summed E-state index contributed by atoms with van der Waals surface area (Å²) in [5, 5.41) is 3.08. The molecule has 0 radical (unpaired) electrons. The van der Waals surface area contributed by atoms with E-state index in [0.29, 0.717) is 30.1 Å². The van der Waals surface area contributed by atoms with Crippen molar-refractivity contribution >= 4 is 17.3 Å². The highest BCUT2D eigenvalue weighted by Crippen LogP contribution is 2.20. The predicted molar refractivity (Wildman–Crippen MR) is 73.9 cm³/mol. The van der Waals surface area contributed by atoms with Gasteiger partial charge in [-0.3, -0.25) is 0 Å². The summed E-state index contributed by atoms with van der Waals surface area (Å²) in [5.74, 6) is -0.380. The first-order chi connectivity index (χ1) is 8.69. The average Bonchev–Trinajstić information content (AvgIpc) is 2.42. The molecule has 1 rings (SSSR count). The van der Waals surface area contributed by atoms with E-state index in [4.69, 9.17) is 10.5 Å². The summed E-state index contributed by atoms with van der Waals surface area (Å²) in [7, 11) is 2.96. The minimum Gasteiger partial charge on any atom is -0.465 e. The molecule has 0 bridgehead atoms. The molecule has 18 heavy (non-hydrogen) atoms. The lowest BCUT2D eigenvalue weighted by atomic mass is 10.1. The summed E-state index contributed by atoms with van der Waals surface area (Å²) in [6, 6.07) is 4.96. The standard InChI is InChI=1S/C11H16N2O3.C2H6/c1-15-6-5-13-10-7-8(11(14)16-2)3-4-9(10)12;1-2/h3-4,7,13H,5-6,12H2,1-2H3;1-2H3. The van der Waals surface area contributed by atoms with Gasteiger partial charge in [-0.1, -0.05) is 13.8 Å². The Morgan fingerprint density at radius 3 is 2.56 bits per heavy atom. The van der Waals surface area contributed by atoms with Crippen LogP contribution in [0.2, 0.25) is 0 Å². The van der Waals surface area contributed by atoms with Crippen molar-refractivity contribution in [1.82, 2.24) is 0 Å². The quantitative estimate of drug-likeness (QED) is 0.478. The highest BCUT2D eigenvalue weighted by atomic mass is 16.5. The van der Waals surface area contributed by atoms with Crippen molar-refractivity contribution in [1.29, 1.82) is 0 Å². The van der Waals surface area contributed by atoms with Gasteiger partial charge in [0.1, 0.15) is 0 Å². The van der Waals surface area contributed by atoms with Gasteiger partial charge in [0.25, 0.3) is 0 Å². The third kappa shape index (κ3) is 5.05. The van der Waals surface area contributed by atoms with Crippen molar-refractivity contribution in [3.05, 3.63) is 23.8 Å². The predicted octanol–water partition coefficient (Wildman–Crippen LogP) is 2.14. The van der Waals surface area contributed by atoms with Gasteiger partial charge in [-0.05, 0) is 18.2 Å². The number of esters is 1. The minimum absolute atomic E-state index is 0.380. The molecule has 0 unspecified atom stereocenters. The van der Waals surface area contributed by atoms with Gasteiger partial charge in [-0.2, -0.15) is 0 Å². The van der Waals surface area contributed by atoms with Crippen LogP contribution in [0.15, 0.2) is 18.2 Å². The first-order valence-corrected chi connectivity index (χ1v) is 5.89. The molecule has 1 aromatic carbocycles. The minimum atomic E-state index is -0.380. The molecule has 0 aliphatic rings. The zero-order valence-electron chi connectivity index (χ0n) is 11.4. The van der Waals surface area contributed by atoms with Gasteiger partial charge in [-0.15, -0.1) is 0 Å². The van der Waals surface area contributed by atoms with Crippen molar-refractivity contribution in [2.75, 3.05) is 38.4 Å². The van der Waals surface area contributed by atoms with E-state index in [9.17, 15) is 4.79 Å². The fraction of sp³-hybridized carbons (Fsp3) is 0.462. The highest BCUT2D eigenvalue weighted by Gasteiger charge is 2.07. The van der Waals surface area contributed by atoms with Gasteiger partial charge in [0, 0.05) is 13.7 Å². The molecule has 102 valence electrons. The maximum absolute atomic E-state index is 11.3. The second-order valence-corrected chi connectivity index (χ2v) is 3.21. The maximum Gasteiger partial charge on any atom is 0.337 e. The van der Waals surface area contributed by atoms with Crippen LogP contribution in [0, 0.1) is 0 Å². The fourth-order valence-electron chi connectivity index (χ4n) is 1.24. The van der Waals surface area contributed by atoms with Crippen molar-refractivity contribution in [3.63, 3.8) is 0 Å². The molecular weight excluding hydrogens is 232 g/mol. The Morgan fingerprint density at radius 2 is 2.00 bits per heavy atom. The molecule has 5 heteroatoms. The third-order valence-corrected chi connectivity index (χ3v) is 2.10. The Hall–Kier alpha value is -1.75. The summed E-state index contributed by atoms with van der Waals surface area (Å²) in [5.41, 5.74) is 7.52. The Labute approximate surface area is 108 Å². The number of hydrogen-bond donors (Lipinski definition) is 2. The molecule has 0 atom stereocenters. The summed E-state index contributed by atoms with van der Waals surface area (Å²) in [6.07, 6.45) is 0. The van der Waals surface area contributed by atoms with E-state index >= 15 is 0 Å². The lowest BCUT2D eigenvalue weighted by Gasteiger charge is -2.10. The molecule has 0 aliphatic carbocycles. The monoisotopic (exact) mass is 254 g/mol. The van der Waals surface area contributed by atoms with E-state index in [1.165, 1.54) is 7.11 Å². The SMILES string of the molecule is CC.COCCNc1cc(C(=O)OC)ccc1N.